The number of carbonyl (C=O) groups is 3. The summed E-state index contributed by atoms with van der Waals surface area (Å²) in [7, 11) is 0. The van der Waals surface area contributed by atoms with Crippen molar-refractivity contribution in [3.8, 4) is 6.07 Å². The molecule has 1 aliphatic heterocycles. The van der Waals surface area contributed by atoms with Crippen LogP contribution < -0.4 is 4.90 Å². The van der Waals surface area contributed by atoms with Crippen LogP contribution >= 0.6 is 22.9 Å². The molecule has 0 saturated heterocycles. The van der Waals surface area contributed by atoms with Gasteiger partial charge >= 0.3 is 0 Å². The van der Waals surface area contributed by atoms with Gasteiger partial charge in [0, 0.05) is 25.3 Å². The van der Waals surface area contributed by atoms with Crippen LogP contribution in [0, 0.1) is 18.3 Å². The predicted molar refractivity (Wildman–Crippen MR) is 139 cm³/mol. The number of benzene rings is 2. The lowest BCUT2D eigenvalue weighted by Crippen LogP contribution is -2.33. The third-order valence-corrected chi connectivity index (χ3v) is 7.44. The molecule has 2 aromatic carbocycles. The molecule has 1 aromatic heterocycles. The van der Waals surface area contributed by atoms with E-state index in [1.807, 2.05) is 38.1 Å². The molecular weight excluding hydrogens is 498 g/mol. The van der Waals surface area contributed by atoms with E-state index in [1.165, 1.54) is 4.90 Å². The zero-order chi connectivity index (χ0) is 25.8. The summed E-state index contributed by atoms with van der Waals surface area (Å²) < 4.78 is 0. The molecule has 10 heteroatoms. The van der Waals surface area contributed by atoms with Gasteiger partial charge in [0.05, 0.1) is 26.7 Å². The number of thiophene rings is 1. The Bertz CT molecular complexity index is 1390. The summed E-state index contributed by atoms with van der Waals surface area (Å²) in [5, 5.41) is 18.1. The van der Waals surface area contributed by atoms with Crippen molar-refractivity contribution in [3.05, 3.63) is 74.6 Å². The number of nitrogens with zero attached hydrogens (tertiary/aromatic N) is 5. The topological polar surface area (TPSA) is 106 Å². The van der Waals surface area contributed by atoms with Crippen LogP contribution in [-0.2, 0) is 0 Å². The highest BCUT2D eigenvalue weighted by Gasteiger charge is 2.34. The number of anilines is 1. The van der Waals surface area contributed by atoms with Crippen LogP contribution in [0.3, 0.4) is 0 Å². The lowest BCUT2D eigenvalue weighted by Gasteiger charge is -2.25. The van der Waals surface area contributed by atoms with E-state index < -0.39 is 0 Å². The summed E-state index contributed by atoms with van der Waals surface area (Å²) in [6.07, 6.45) is 1.23. The Morgan fingerprint density at radius 1 is 1.14 bits per heavy atom. The Morgan fingerprint density at radius 2 is 1.83 bits per heavy atom. The maximum Gasteiger partial charge on any atom is 0.261 e. The molecule has 8 nitrogen and oxygen atoms in total. The van der Waals surface area contributed by atoms with E-state index in [9.17, 15) is 19.6 Å². The van der Waals surface area contributed by atoms with Gasteiger partial charge in [-0.25, -0.2) is 0 Å². The van der Waals surface area contributed by atoms with E-state index >= 15 is 0 Å². The fourth-order valence-corrected chi connectivity index (χ4v) is 5.17. The van der Waals surface area contributed by atoms with E-state index in [0.29, 0.717) is 42.6 Å². The van der Waals surface area contributed by atoms with Gasteiger partial charge < -0.3 is 4.90 Å². The molecule has 0 bridgehead atoms. The number of halogens is 1. The van der Waals surface area contributed by atoms with Crippen LogP contribution in [0.25, 0.3) is 0 Å². The number of hydrogen-bond acceptors (Lipinski definition) is 8. The molecule has 0 atom stereocenters. The number of rotatable bonds is 9. The van der Waals surface area contributed by atoms with Gasteiger partial charge in [-0.2, -0.15) is 5.26 Å². The molecule has 0 radical (unpaired) electrons. The molecule has 0 aliphatic carbocycles. The minimum atomic E-state index is -0.240. The van der Waals surface area contributed by atoms with E-state index in [0.717, 1.165) is 29.1 Å². The van der Waals surface area contributed by atoms with Gasteiger partial charge in [-0.1, -0.05) is 23.7 Å². The molecule has 2 heterocycles. The Balaban J connectivity index is 1.42. The number of aldehydes is 1. The Labute approximate surface area is 217 Å². The van der Waals surface area contributed by atoms with Gasteiger partial charge in [-0.3, -0.25) is 19.3 Å². The van der Waals surface area contributed by atoms with Crippen molar-refractivity contribution in [1.82, 2.24) is 4.90 Å². The first kappa shape index (κ1) is 25.2. The van der Waals surface area contributed by atoms with Gasteiger partial charge in [0.1, 0.15) is 11.6 Å². The molecule has 1 aliphatic rings. The number of imide groups is 1. The second-order valence-electron chi connectivity index (χ2n) is 8.10. The van der Waals surface area contributed by atoms with Gasteiger partial charge in [-0.15, -0.1) is 21.6 Å². The minimum absolute atomic E-state index is 0.0957. The van der Waals surface area contributed by atoms with Gasteiger partial charge in [0.15, 0.2) is 11.3 Å². The van der Waals surface area contributed by atoms with Crippen molar-refractivity contribution >= 4 is 57.4 Å². The molecular formula is C26H22ClN5O3S. The number of fused-ring (bicyclic) bond motifs is 1. The Kier molecular flexibility index (Phi) is 7.58. The van der Waals surface area contributed by atoms with Gasteiger partial charge in [0.2, 0.25) is 0 Å². The molecule has 0 N–H and O–H groups in total. The first-order chi connectivity index (χ1) is 17.4. The van der Waals surface area contributed by atoms with Crippen molar-refractivity contribution in [3.63, 3.8) is 0 Å². The molecule has 0 saturated carbocycles. The summed E-state index contributed by atoms with van der Waals surface area (Å²) in [4.78, 5) is 40.0. The SMILES string of the molecule is CCN(CCCN1C(=O)c2ccccc2C1=O)c1ccc(/N=N/c2sc(C=O)c(Cl)c2C#N)c(C)c1. The van der Waals surface area contributed by atoms with Crippen LogP contribution in [0.4, 0.5) is 16.4 Å². The van der Waals surface area contributed by atoms with E-state index in [1.54, 1.807) is 24.3 Å². The molecule has 0 unspecified atom stereocenters. The van der Waals surface area contributed by atoms with Crippen molar-refractivity contribution < 1.29 is 14.4 Å². The van der Waals surface area contributed by atoms with Gasteiger partial charge in [0.25, 0.3) is 11.8 Å². The third-order valence-electron chi connectivity index (χ3n) is 5.94. The predicted octanol–water partition coefficient (Wildman–Crippen LogP) is 6.32. The summed E-state index contributed by atoms with van der Waals surface area (Å²) in [5.74, 6) is -0.480. The van der Waals surface area contributed by atoms with Crippen LogP contribution in [0.5, 0.6) is 0 Å². The zero-order valence-corrected chi connectivity index (χ0v) is 21.3. The quantitative estimate of drug-likeness (QED) is 0.187. The first-order valence-corrected chi connectivity index (χ1v) is 12.5. The van der Waals surface area contributed by atoms with Crippen molar-refractivity contribution in [1.29, 1.82) is 5.26 Å². The Hall–Kier alpha value is -3.87. The molecule has 182 valence electrons. The number of carbonyl (C=O) groups excluding carboxylic acids is 3. The van der Waals surface area contributed by atoms with Crippen molar-refractivity contribution in [2.75, 3.05) is 24.5 Å². The number of amides is 2. The lowest BCUT2D eigenvalue weighted by molar-refractivity contribution is 0.0653. The minimum Gasteiger partial charge on any atom is -0.372 e. The summed E-state index contributed by atoms with van der Waals surface area (Å²) in [6.45, 7) is 5.71. The van der Waals surface area contributed by atoms with Crippen LogP contribution in [0.1, 0.15) is 54.9 Å². The fraction of sp³-hybridized carbons (Fsp3) is 0.231. The largest absolute Gasteiger partial charge is 0.372 e. The van der Waals surface area contributed by atoms with E-state index in [4.69, 9.17) is 11.6 Å². The molecule has 0 fully saturated rings. The van der Waals surface area contributed by atoms with Gasteiger partial charge in [-0.05, 0) is 56.2 Å². The monoisotopic (exact) mass is 519 g/mol. The molecule has 4 rings (SSSR count). The zero-order valence-electron chi connectivity index (χ0n) is 19.7. The Morgan fingerprint density at radius 3 is 2.42 bits per heavy atom. The highest BCUT2D eigenvalue weighted by Crippen LogP contribution is 2.39. The number of azo groups is 1. The average Bonchev–Trinajstić information content (AvgIpc) is 3.33. The number of aryl methyl sites for hydroxylation is 1. The highest BCUT2D eigenvalue weighted by atomic mass is 35.5. The van der Waals surface area contributed by atoms with Crippen LogP contribution in [0.2, 0.25) is 5.02 Å². The van der Waals surface area contributed by atoms with Crippen LogP contribution in [-0.4, -0.2) is 42.6 Å². The molecule has 2 amide bonds. The molecule has 36 heavy (non-hydrogen) atoms. The fourth-order valence-electron chi connectivity index (χ4n) is 4.04. The second kappa shape index (κ2) is 10.8. The summed E-state index contributed by atoms with van der Waals surface area (Å²) in [6, 6.07) is 14.6. The maximum absolute atomic E-state index is 12.6. The molecule has 3 aromatic rings. The second-order valence-corrected chi connectivity index (χ2v) is 9.51. The van der Waals surface area contributed by atoms with E-state index in [2.05, 4.69) is 15.1 Å². The number of hydrogen-bond donors (Lipinski definition) is 0. The summed E-state index contributed by atoms with van der Waals surface area (Å²) >= 11 is 7.07. The third kappa shape index (κ3) is 4.78. The van der Waals surface area contributed by atoms with Crippen molar-refractivity contribution in [2.24, 2.45) is 10.2 Å². The normalized spacial score (nSPS) is 12.8. The van der Waals surface area contributed by atoms with E-state index in [-0.39, 0.29) is 32.3 Å². The summed E-state index contributed by atoms with van der Waals surface area (Å²) in [5.41, 5.74) is 3.55. The first-order valence-electron chi connectivity index (χ1n) is 11.3. The standard InChI is InChI=1S/C26H22ClN5O3S/c1-3-31(11-6-12-32-25(34)18-7-4-5-8-19(18)26(32)35)17-9-10-21(16(2)13-17)29-30-24-20(14-28)23(27)22(15-33)36-24/h4-5,7-10,13,15H,3,6,11-12H2,1-2H3/b30-29+. The molecule has 0 spiro atoms. The highest BCUT2D eigenvalue weighted by molar-refractivity contribution is 7.18. The maximum atomic E-state index is 12.6. The van der Waals surface area contributed by atoms with Crippen LogP contribution in [0.15, 0.2) is 52.7 Å². The lowest BCUT2D eigenvalue weighted by atomic mass is 10.1. The smallest absolute Gasteiger partial charge is 0.261 e. The average molecular weight is 520 g/mol. The van der Waals surface area contributed by atoms with Crippen molar-refractivity contribution in [2.45, 2.75) is 20.3 Å². The number of nitriles is 1.